The highest BCUT2D eigenvalue weighted by atomic mass is 16.5. The Labute approximate surface area is 198 Å². The minimum absolute atomic E-state index is 0.00362. The van der Waals surface area contributed by atoms with Crippen LogP contribution in [-0.2, 0) is 0 Å². The summed E-state index contributed by atoms with van der Waals surface area (Å²) < 4.78 is 7.08. The van der Waals surface area contributed by atoms with Crippen molar-refractivity contribution in [3.8, 4) is 11.4 Å². The van der Waals surface area contributed by atoms with Crippen LogP contribution in [0.3, 0.4) is 0 Å². The fraction of sp³-hybridized carbons (Fsp3) is 0.308. The maximum absolute atomic E-state index is 12.5. The predicted molar refractivity (Wildman–Crippen MR) is 132 cm³/mol. The molecule has 0 unspecified atom stereocenters. The van der Waals surface area contributed by atoms with E-state index in [1.54, 1.807) is 7.11 Å². The Kier molecular flexibility index (Phi) is 6.12. The van der Waals surface area contributed by atoms with Crippen molar-refractivity contribution in [3.63, 3.8) is 0 Å². The highest BCUT2D eigenvalue weighted by Crippen LogP contribution is 2.27. The highest BCUT2D eigenvalue weighted by Gasteiger charge is 2.24. The molecule has 8 heteroatoms. The second kappa shape index (κ2) is 9.51. The molecule has 2 N–H and O–H groups in total. The molecule has 1 saturated carbocycles. The molecule has 4 aromatic rings. The molecule has 1 aliphatic rings. The van der Waals surface area contributed by atoms with E-state index in [1.807, 2.05) is 72.4 Å². The van der Waals surface area contributed by atoms with Gasteiger partial charge in [0.1, 0.15) is 17.4 Å². The fourth-order valence-electron chi connectivity index (χ4n) is 4.47. The number of benzene rings is 2. The number of methoxy groups -OCH3 is 1. The molecule has 1 aliphatic carbocycles. The van der Waals surface area contributed by atoms with Crippen molar-refractivity contribution >= 4 is 22.8 Å². The summed E-state index contributed by atoms with van der Waals surface area (Å²) in [6, 6.07) is 17.6. The molecule has 2 aromatic carbocycles. The van der Waals surface area contributed by atoms with Gasteiger partial charge < -0.3 is 15.4 Å². The van der Waals surface area contributed by atoms with Crippen LogP contribution >= 0.6 is 0 Å². The number of anilines is 1. The lowest BCUT2D eigenvalue weighted by Gasteiger charge is -2.30. The number of carbonyl (C=O) groups is 1. The first-order valence-corrected chi connectivity index (χ1v) is 11.6. The number of nitrogens with zero attached hydrogens (tertiary/aromatic N) is 4. The molecule has 2 aromatic heterocycles. The Balaban J connectivity index is 1.27. The van der Waals surface area contributed by atoms with E-state index in [0.717, 1.165) is 54.0 Å². The van der Waals surface area contributed by atoms with Crippen molar-refractivity contribution < 1.29 is 9.53 Å². The SMILES string of the molecule is COc1ccc(-n2ncc3c(NC4CCC(NC(=O)c5ccccc5)CC4)nc(C)nc32)cc1. The molecule has 0 radical (unpaired) electrons. The van der Waals surface area contributed by atoms with Gasteiger partial charge in [-0.2, -0.15) is 5.10 Å². The number of nitrogens with one attached hydrogen (secondary N) is 2. The average molecular weight is 457 g/mol. The molecule has 2 heterocycles. The molecule has 1 amide bonds. The average Bonchev–Trinajstić information content (AvgIpc) is 3.30. The lowest BCUT2D eigenvalue weighted by atomic mass is 9.91. The van der Waals surface area contributed by atoms with E-state index in [-0.39, 0.29) is 18.0 Å². The van der Waals surface area contributed by atoms with Gasteiger partial charge in [-0.25, -0.2) is 14.6 Å². The van der Waals surface area contributed by atoms with E-state index >= 15 is 0 Å². The molecule has 0 saturated heterocycles. The summed E-state index contributed by atoms with van der Waals surface area (Å²) >= 11 is 0. The van der Waals surface area contributed by atoms with Gasteiger partial charge in [-0.1, -0.05) is 18.2 Å². The number of hydrogen-bond donors (Lipinski definition) is 2. The summed E-state index contributed by atoms with van der Waals surface area (Å²) in [5, 5.41) is 12.3. The molecule has 5 rings (SSSR count). The van der Waals surface area contributed by atoms with Crippen molar-refractivity contribution in [2.45, 2.75) is 44.7 Å². The van der Waals surface area contributed by atoms with Crippen LogP contribution < -0.4 is 15.4 Å². The number of hydrogen-bond acceptors (Lipinski definition) is 6. The summed E-state index contributed by atoms with van der Waals surface area (Å²) in [5.74, 6) is 2.29. The maximum atomic E-state index is 12.5. The van der Waals surface area contributed by atoms with Gasteiger partial charge in [0.05, 0.1) is 24.4 Å². The van der Waals surface area contributed by atoms with Crippen molar-refractivity contribution in [1.82, 2.24) is 25.1 Å². The molecular formula is C26H28N6O2. The highest BCUT2D eigenvalue weighted by molar-refractivity contribution is 5.94. The molecule has 1 fully saturated rings. The van der Waals surface area contributed by atoms with Gasteiger partial charge in [-0.15, -0.1) is 0 Å². The minimum Gasteiger partial charge on any atom is -0.497 e. The number of aromatic nitrogens is 4. The van der Waals surface area contributed by atoms with Crippen molar-refractivity contribution in [3.05, 3.63) is 72.2 Å². The fourth-order valence-corrected chi connectivity index (χ4v) is 4.47. The molecule has 174 valence electrons. The topological polar surface area (TPSA) is 94.0 Å². The van der Waals surface area contributed by atoms with Gasteiger partial charge in [-0.05, 0) is 69.0 Å². The Morgan fingerprint density at radius 3 is 2.38 bits per heavy atom. The van der Waals surface area contributed by atoms with Gasteiger partial charge in [0.25, 0.3) is 5.91 Å². The number of rotatable bonds is 6. The quantitative estimate of drug-likeness (QED) is 0.450. The first kappa shape index (κ1) is 21.9. The summed E-state index contributed by atoms with van der Waals surface area (Å²) in [4.78, 5) is 21.8. The van der Waals surface area contributed by atoms with Crippen LogP contribution in [0, 0.1) is 6.92 Å². The first-order chi connectivity index (χ1) is 16.6. The standard InChI is InChI=1S/C26H28N6O2/c1-17-28-24(23-16-27-32(25(23)29-17)21-12-14-22(34-2)15-13-21)30-19-8-10-20(11-9-19)31-26(33)18-6-4-3-5-7-18/h3-7,12-16,19-20H,8-11H2,1-2H3,(H,31,33)(H,28,29,30). The van der Waals surface area contributed by atoms with Crippen molar-refractivity contribution in [2.24, 2.45) is 0 Å². The zero-order valence-corrected chi connectivity index (χ0v) is 19.4. The second-order valence-electron chi connectivity index (χ2n) is 8.64. The van der Waals surface area contributed by atoms with Gasteiger partial charge in [-0.3, -0.25) is 4.79 Å². The number of carbonyl (C=O) groups excluding carboxylic acids is 1. The third kappa shape index (κ3) is 4.57. The second-order valence-corrected chi connectivity index (χ2v) is 8.64. The summed E-state index contributed by atoms with van der Waals surface area (Å²) in [6.07, 6.45) is 5.57. The van der Waals surface area contributed by atoms with Gasteiger partial charge in [0, 0.05) is 17.6 Å². The number of fused-ring (bicyclic) bond motifs is 1. The Morgan fingerprint density at radius 2 is 1.68 bits per heavy atom. The van der Waals surface area contributed by atoms with Gasteiger partial charge >= 0.3 is 0 Å². The molecule has 0 spiro atoms. The number of amides is 1. The maximum Gasteiger partial charge on any atom is 0.251 e. The van der Waals surface area contributed by atoms with E-state index in [0.29, 0.717) is 11.4 Å². The van der Waals surface area contributed by atoms with Crippen LogP contribution in [0.5, 0.6) is 5.75 Å². The number of aryl methyl sites for hydroxylation is 1. The van der Waals surface area contributed by atoms with E-state index in [9.17, 15) is 4.79 Å². The van der Waals surface area contributed by atoms with E-state index < -0.39 is 0 Å². The van der Waals surface area contributed by atoms with Gasteiger partial charge in [0.2, 0.25) is 0 Å². The van der Waals surface area contributed by atoms with Gasteiger partial charge in [0.15, 0.2) is 5.65 Å². The zero-order valence-electron chi connectivity index (χ0n) is 19.4. The van der Waals surface area contributed by atoms with E-state index in [4.69, 9.17) is 4.74 Å². The molecule has 0 atom stereocenters. The van der Waals surface area contributed by atoms with Crippen LogP contribution in [0.25, 0.3) is 16.7 Å². The van der Waals surface area contributed by atoms with E-state index in [2.05, 4.69) is 25.7 Å². The Hall–Kier alpha value is -3.94. The predicted octanol–water partition coefficient (Wildman–Crippen LogP) is 4.29. The first-order valence-electron chi connectivity index (χ1n) is 11.6. The molecule has 0 aliphatic heterocycles. The minimum atomic E-state index is -0.00362. The normalized spacial score (nSPS) is 17.9. The molecule has 0 bridgehead atoms. The van der Waals surface area contributed by atoms with Crippen LogP contribution in [-0.4, -0.2) is 44.8 Å². The zero-order chi connectivity index (χ0) is 23.5. The Morgan fingerprint density at radius 1 is 0.971 bits per heavy atom. The molecule has 8 nitrogen and oxygen atoms in total. The van der Waals surface area contributed by atoms with Crippen LogP contribution in [0.1, 0.15) is 41.9 Å². The monoisotopic (exact) mass is 456 g/mol. The Bertz CT molecular complexity index is 1280. The van der Waals surface area contributed by atoms with Crippen LogP contribution in [0.4, 0.5) is 5.82 Å². The summed E-state index contributed by atoms with van der Waals surface area (Å²) in [7, 11) is 1.65. The summed E-state index contributed by atoms with van der Waals surface area (Å²) in [6.45, 7) is 1.89. The summed E-state index contributed by atoms with van der Waals surface area (Å²) in [5.41, 5.74) is 2.38. The molecular weight excluding hydrogens is 428 g/mol. The lowest BCUT2D eigenvalue weighted by Crippen LogP contribution is -2.40. The van der Waals surface area contributed by atoms with Crippen LogP contribution in [0.2, 0.25) is 0 Å². The van der Waals surface area contributed by atoms with Crippen molar-refractivity contribution in [1.29, 1.82) is 0 Å². The largest absolute Gasteiger partial charge is 0.497 e. The molecule has 34 heavy (non-hydrogen) atoms. The van der Waals surface area contributed by atoms with Crippen LogP contribution in [0.15, 0.2) is 60.8 Å². The van der Waals surface area contributed by atoms with Crippen molar-refractivity contribution in [2.75, 3.05) is 12.4 Å². The third-order valence-corrected chi connectivity index (χ3v) is 6.30. The third-order valence-electron chi connectivity index (χ3n) is 6.30. The lowest BCUT2D eigenvalue weighted by molar-refractivity contribution is 0.0926. The smallest absolute Gasteiger partial charge is 0.251 e. The van der Waals surface area contributed by atoms with E-state index in [1.165, 1.54) is 0 Å². The number of ether oxygens (including phenoxy) is 1.